The number of anilines is 3. The molecule has 0 radical (unpaired) electrons. The maximum absolute atomic E-state index is 13.6. The molecule has 266 valence electrons. The summed E-state index contributed by atoms with van der Waals surface area (Å²) in [4.78, 5) is 61.4. The van der Waals surface area contributed by atoms with Gasteiger partial charge in [0.1, 0.15) is 29.8 Å². The van der Waals surface area contributed by atoms with Gasteiger partial charge >= 0.3 is 23.9 Å². The quantitative estimate of drug-likeness (QED) is 0.146. The molecule has 0 saturated carbocycles. The van der Waals surface area contributed by atoms with Gasteiger partial charge in [-0.3, -0.25) is 4.79 Å². The van der Waals surface area contributed by atoms with E-state index in [9.17, 15) is 28.4 Å². The molecule has 6 N–H and O–H groups in total. The lowest BCUT2D eigenvalue weighted by Gasteiger charge is -2.17. The number of rotatable bonds is 12. The minimum Gasteiger partial charge on any atom is -0.486 e. The Labute approximate surface area is 289 Å². The number of carbonyl (C=O) groups excluding carboxylic acids is 1. The number of aromatic nitrogens is 2. The fourth-order valence-electron chi connectivity index (χ4n) is 3.70. The van der Waals surface area contributed by atoms with Crippen LogP contribution in [0.2, 0.25) is 5.02 Å². The first kappa shape index (κ1) is 40.3. The number of carbonyl (C=O) groups is 5. The molecule has 1 amide bonds. The van der Waals surface area contributed by atoms with Crippen molar-refractivity contribution in [2.24, 2.45) is 0 Å². The lowest BCUT2D eigenvalue weighted by Crippen LogP contribution is -2.18. The summed E-state index contributed by atoms with van der Waals surface area (Å²) in [5.74, 6) is -4.86. The summed E-state index contributed by atoms with van der Waals surface area (Å²) in [5.41, 5.74) is 1.65. The van der Waals surface area contributed by atoms with Crippen LogP contribution in [0.25, 0.3) is 10.9 Å². The standard InChI is InChI=1S/C24H25ClFN5O3.2C4H4O4/c1-31(2)8-3-4-23(32)30-21-11-17-20(12-22(21)34-16-7-9-33-13-16)27-14-28-24(17)29-15-5-6-19(26)18(25)10-15;2*5-3(6)1-2-4(7)8/h3-6,10-12,14,16H,7-9,13H2,1-2H3,(H,30,32)(H,27,28,29);2*1-2H,(H,5,6)(H,7,8)/b4-3-;2*2-1-/t16-;;/m0../s1. The van der Waals surface area contributed by atoms with Crippen molar-refractivity contribution in [3.8, 4) is 5.75 Å². The Morgan fingerprint density at radius 1 is 0.960 bits per heavy atom. The van der Waals surface area contributed by atoms with E-state index in [-0.39, 0.29) is 17.0 Å². The first-order chi connectivity index (χ1) is 23.6. The Morgan fingerprint density at radius 2 is 1.58 bits per heavy atom. The predicted molar refractivity (Wildman–Crippen MR) is 179 cm³/mol. The van der Waals surface area contributed by atoms with Crippen LogP contribution in [-0.2, 0) is 28.7 Å². The van der Waals surface area contributed by atoms with Crippen LogP contribution in [0.4, 0.5) is 21.6 Å². The third kappa shape index (κ3) is 15.3. The Hall–Kier alpha value is -5.91. The molecule has 16 nitrogen and oxygen atoms in total. The fourth-order valence-corrected chi connectivity index (χ4v) is 3.89. The minimum atomic E-state index is -1.26. The van der Waals surface area contributed by atoms with Crippen molar-refractivity contribution in [3.63, 3.8) is 0 Å². The van der Waals surface area contributed by atoms with Gasteiger partial charge in [-0.1, -0.05) is 17.7 Å². The van der Waals surface area contributed by atoms with E-state index < -0.39 is 29.7 Å². The smallest absolute Gasteiger partial charge is 0.328 e. The molecule has 0 unspecified atom stereocenters. The van der Waals surface area contributed by atoms with Gasteiger partial charge in [0.25, 0.3) is 0 Å². The van der Waals surface area contributed by atoms with Crippen molar-refractivity contribution >= 4 is 69.5 Å². The van der Waals surface area contributed by atoms with Crippen molar-refractivity contribution in [1.82, 2.24) is 14.9 Å². The molecule has 2 heterocycles. The molecule has 1 atom stereocenters. The monoisotopic (exact) mass is 717 g/mol. The SMILES string of the molecule is CN(C)C/C=C\C(=O)Nc1cc2c(Nc3ccc(F)c(Cl)c3)ncnc2cc1O[C@H]1CCOC1.O=C(O)/C=C\C(=O)O.O=C(O)/C=C\C(=O)O. The van der Waals surface area contributed by atoms with Gasteiger partial charge in [-0.15, -0.1) is 0 Å². The first-order valence-corrected chi connectivity index (χ1v) is 14.7. The van der Waals surface area contributed by atoms with Crippen molar-refractivity contribution < 1.29 is 58.3 Å². The number of amides is 1. The summed E-state index contributed by atoms with van der Waals surface area (Å²) < 4.78 is 25.1. The third-order valence-corrected chi connectivity index (χ3v) is 6.12. The van der Waals surface area contributed by atoms with Crippen LogP contribution < -0.4 is 15.4 Å². The number of halogens is 2. The predicted octanol–water partition coefficient (Wildman–Crippen LogP) is 3.81. The van der Waals surface area contributed by atoms with Gasteiger partial charge in [-0.05, 0) is 38.4 Å². The van der Waals surface area contributed by atoms with E-state index in [0.29, 0.717) is 77.9 Å². The molecule has 1 fully saturated rings. The van der Waals surface area contributed by atoms with Gasteiger partial charge in [0.15, 0.2) is 0 Å². The second kappa shape index (κ2) is 20.5. The zero-order valence-corrected chi connectivity index (χ0v) is 27.3. The first-order valence-electron chi connectivity index (χ1n) is 14.3. The summed E-state index contributed by atoms with van der Waals surface area (Å²) >= 11 is 5.91. The molecule has 1 saturated heterocycles. The minimum absolute atomic E-state index is 0.00436. The van der Waals surface area contributed by atoms with Crippen LogP contribution in [0.3, 0.4) is 0 Å². The summed E-state index contributed by atoms with van der Waals surface area (Å²) in [6.07, 6.45) is 7.55. The zero-order chi connectivity index (χ0) is 37.2. The number of likely N-dealkylation sites (N-methyl/N-ethyl adjacent to an activating group) is 1. The molecule has 50 heavy (non-hydrogen) atoms. The molecule has 1 aromatic heterocycles. The second-order valence-corrected chi connectivity index (χ2v) is 10.5. The molecule has 2 aromatic carbocycles. The molecule has 18 heteroatoms. The number of benzene rings is 2. The fraction of sp³-hybridized carbons (Fsp3) is 0.219. The van der Waals surface area contributed by atoms with Crippen LogP contribution in [-0.4, -0.2) is 105 Å². The maximum Gasteiger partial charge on any atom is 0.328 e. The van der Waals surface area contributed by atoms with Crippen molar-refractivity contribution in [1.29, 1.82) is 0 Å². The van der Waals surface area contributed by atoms with Crippen molar-refractivity contribution in [3.05, 3.63) is 84.0 Å². The van der Waals surface area contributed by atoms with Gasteiger partial charge in [0, 0.05) is 60.5 Å². The van der Waals surface area contributed by atoms with Gasteiger partial charge < -0.3 is 45.4 Å². The molecule has 1 aliphatic heterocycles. The molecule has 3 aromatic rings. The highest BCUT2D eigenvalue weighted by Gasteiger charge is 2.21. The van der Waals surface area contributed by atoms with Gasteiger partial charge in [0.05, 0.1) is 29.4 Å². The Kier molecular flexibility index (Phi) is 16.5. The summed E-state index contributed by atoms with van der Waals surface area (Å²) in [7, 11) is 3.84. The van der Waals surface area contributed by atoms with E-state index in [1.54, 1.807) is 24.3 Å². The van der Waals surface area contributed by atoms with Crippen molar-refractivity contribution in [2.45, 2.75) is 12.5 Å². The molecule has 1 aliphatic rings. The van der Waals surface area contributed by atoms with E-state index in [4.69, 9.17) is 41.5 Å². The lowest BCUT2D eigenvalue weighted by atomic mass is 10.1. The zero-order valence-electron chi connectivity index (χ0n) is 26.6. The van der Waals surface area contributed by atoms with E-state index in [2.05, 4.69) is 20.6 Å². The summed E-state index contributed by atoms with van der Waals surface area (Å²) in [6, 6.07) is 7.82. The average molecular weight is 718 g/mol. The largest absolute Gasteiger partial charge is 0.486 e. The van der Waals surface area contributed by atoms with Gasteiger partial charge in [-0.25, -0.2) is 33.5 Å². The number of carboxylic acid groups (broad SMARTS) is 4. The summed E-state index contributed by atoms with van der Waals surface area (Å²) in [6.45, 7) is 1.75. The number of hydrogen-bond acceptors (Lipinski definition) is 11. The van der Waals surface area contributed by atoms with Gasteiger partial charge in [0.2, 0.25) is 5.91 Å². The number of aliphatic carboxylic acids is 4. The van der Waals surface area contributed by atoms with E-state index in [0.717, 1.165) is 6.42 Å². The Bertz CT molecular complexity index is 1710. The molecular formula is C32H33ClFN5O11. The van der Waals surface area contributed by atoms with Crippen LogP contribution in [0.1, 0.15) is 6.42 Å². The highest BCUT2D eigenvalue weighted by molar-refractivity contribution is 6.31. The Balaban J connectivity index is 0.000000450. The summed E-state index contributed by atoms with van der Waals surface area (Å²) in [5, 5.41) is 37.9. The van der Waals surface area contributed by atoms with Crippen LogP contribution in [0.5, 0.6) is 5.75 Å². The average Bonchev–Trinajstić information content (AvgIpc) is 3.55. The number of ether oxygens (including phenoxy) is 2. The molecule has 0 spiro atoms. The van der Waals surface area contributed by atoms with E-state index >= 15 is 0 Å². The number of nitrogens with zero attached hydrogens (tertiary/aromatic N) is 3. The number of fused-ring (bicyclic) bond motifs is 1. The van der Waals surface area contributed by atoms with Crippen LogP contribution in [0, 0.1) is 5.82 Å². The topological polar surface area (TPSA) is 238 Å². The van der Waals surface area contributed by atoms with Gasteiger partial charge in [-0.2, -0.15) is 0 Å². The molecule has 0 aliphatic carbocycles. The van der Waals surface area contributed by atoms with Crippen LogP contribution >= 0.6 is 11.6 Å². The molecular weight excluding hydrogens is 685 g/mol. The Morgan fingerprint density at radius 3 is 2.10 bits per heavy atom. The second-order valence-electron chi connectivity index (χ2n) is 10.1. The molecule has 4 rings (SSSR count). The third-order valence-electron chi connectivity index (χ3n) is 5.84. The number of hydrogen-bond donors (Lipinski definition) is 6. The van der Waals surface area contributed by atoms with E-state index in [1.807, 2.05) is 19.0 Å². The highest BCUT2D eigenvalue weighted by Crippen LogP contribution is 2.35. The lowest BCUT2D eigenvalue weighted by molar-refractivity contribution is -0.134. The van der Waals surface area contributed by atoms with E-state index in [1.165, 1.54) is 24.5 Å². The number of carboxylic acids is 4. The molecule has 0 bridgehead atoms. The highest BCUT2D eigenvalue weighted by atomic mass is 35.5. The van der Waals surface area contributed by atoms with Crippen LogP contribution in [0.15, 0.2) is 73.1 Å². The van der Waals surface area contributed by atoms with Crippen molar-refractivity contribution in [2.75, 3.05) is 44.5 Å². The maximum atomic E-state index is 13.6. The normalized spacial score (nSPS) is 13.8. The number of nitrogens with one attached hydrogen (secondary N) is 2.